The van der Waals surface area contributed by atoms with Crippen molar-refractivity contribution in [2.24, 2.45) is 5.92 Å². The maximum Gasteiger partial charge on any atom is 0.0815 e. The molecule has 0 saturated heterocycles. The van der Waals surface area contributed by atoms with E-state index in [4.69, 9.17) is 4.74 Å². The van der Waals surface area contributed by atoms with Crippen molar-refractivity contribution in [3.63, 3.8) is 0 Å². The molecule has 0 amide bonds. The third kappa shape index (κ3) is 8.21. The zero-order valence-corrected chi connectivity index (χ0v) is 8.12. The Morgan fingerprint density at radius 3 is 2.20 bits per heavy atom. The average Bonchev–Trinajstić information content (AvgIpc) is 1.63. The summed E-state index contributed by atoms with van der Waals surface area (Å²) in [7, 11) is 6.07. The lowest BCUT2D eigenvalue weighted by molar-refractivity contribution is -0.861. The van der Waals surface area contributed by atoms with Gasteiger partial charge in [0.1, 0.15) is 0 Å². The Morgan fingerprint density at radius 2 is 1.90 bits per heavy atom. The summed E-state index contributed by atoms with van der Waals surface area (Å²) >= 11 is 0. The van der Waals surface area contributed by atoms with Crippen LogP contribution in [0.4, 0.5) is 0 Å². The van der Waals surface area contributed by atoms with Crippen LogP contribution in [-0.2, 0) is 4.74 Å². The summed E-state index contributed by atoms with van der Waals surface area (Å²) in [4.78, 5) is 1.49. The minimum atomic E-state index is 0. The van der Waals surface area contributed by atoms with Crippen LogP contribution in [0.2, 0.25) is 0 Å². The summed E-state index contributed by atoms with van der Waals surface area (Å²) in [6.07, 6.45) is 0. The van der Waals surface area contributed by atoms with Crippen LogP contribution in [0.1, 0.15) is 6.92 Å². The second-order valence-electron chi connectivity index (χ2n) is 2.97. The number of nitrogens with one attached hydrogen (secondary N) is 1. The first-order valence-corrected chi connectivity index (χ1v) is 3.44. The maximum absolute atomic E-state index is 4.99. The molecule has 64 valence electrons. The molecule has 0 saturated carbocycles. The first-order valence-electron chi connectivity index (χ1n) is 3.44. The highest BCUT2D eigenvalue weighted by atomic mass is 35.5. The van der Waals surface area contributed by atoms with Crippen LogP contribution >= 0.6 is 12.4 Å². The highest BCUT2D eigenvalue weighted by Crippen LogP contribution is 1.88. The lowest BCUT2D eigenvalue weighted by atomic mass is 10.2. The maximum atomic E-state index is 4.99. The van der Waals surface area contributed by atoms with E-state index in [2.05, 4.69) is 21.0 Å². The lowest BCUT2D eigenvalue weighted by Gasteiger charge is -2.12. The Morgan fingerprint density at radius 1 is 1.40 bits per heavy atom. The molecule has 0 heterocycles. The number of hydrogen-bond acceptors (Lipinski definition) is 1. The monoisotopic (exact) mass is 168 g/mol. The second kappa shape index (κ2) is 7.32. The molecule has 2 nitrogen and oxygen atoms in total. The van der Waals surface area contributed by atoms with Crippen LogP contribution in [0.15, 0.2) is 0 Å². The standard InChI is InChI=1S/C7H17NO.ClH/c1-7(6-9-4)5-8(2)3;/h7H,5-6H2,1-4H3;1H/p+1. The fourth-order valence-corrected chi connectivity index (χ4v) is 1.04. The summed E-state index contributed by atoms with van der Waals surface area (Å²) in [6, 6.07) is 0. The van der Waals surface area contributed by atoms with Gasteiger partial charge in [0.25, 0.3) is 0 Å². The van der Waals surface area contributed by atoms with Crippen LogP contribution in [0.25, 0.3) is 0 Å². The van der Waals surface area contributed by atoms with E-state index in [0.29, 0.717) is 5.92 Å². The van der Waals surface area contributed by atoms with Crippen molar-refractivity contribution in [1.29, 1.82) is 0 Å². The Labute approximate surface area is 70.0 Å². The fraction of sp³-hybridized carbons (Fsp3) is 1.00. The van der Waals surface area contributed by atoms with Crippen LogP contribution in [0.3, 0.4) is 0 Å². The largest absolute Gasteiger partial charge is 0.384 e. The quantitative estimate of drug-likeness (QED) is 0.616. The number of quaternary nitrogens is 1. The van der Waals surface area contributed by atoms with E-state index in [0.717, 1.165) is 6.61 Å². The third-order valence-electron chi connectivity index (χ3n) is 1.21. The predicted molar refractivity (Wildman–Crippen MR) is 46.0 cm³/mol. The molecule has 3 heteroatoms. The Kier molecular flexibility index (Phi) is 9.40. The molecular weight excluding hydrogens is 150 g/mol. The fourth-order valence-electron chi connectivity index (χ4n) is 1.04. The molecule has 0 aromatic carbocycles. The van der Waals surface area contributed by atoms with Crippen molar-refractivity contribution in [1.82, 2.24) is 0 Å². The van der Waals surface area contributed by atoms with Gasteiger partial charge < -0.3 is 9.64 Å². The van der Waals surface area contributed by atoms with E-state index in [1.807, 2.05) is 0 Å². The van der Waals surface area contributed by atoms with Crippen LogP contribution in [0, 0.1) is 5.92 Å². The van der Waals surface area contributed by atoms with Gasteiger partial charge in [-0.25, -0.2) is 0 Å². The predicted octanol–water partition coefficient (Wildman–Crippen LogP) is -0.165. The van der Waals surface area contributed by atoms with Gasteiger partial charge in [0.2, 0.25) is 0 Å². The molecule has 1 unspecified atom stereocenters. The number of methoxy groups -OCH3 is 1. The molecule has 0 bridgehead atoms. The van der Waals surface area contributed by atoms with Crippen LogP contribution in [-0.4, -0.2) is 34.4 Å². The van der Waals surface area contributed by atoms with Crippen LogP contribution < -0.4 is 4.90 Å². The van der Waals surface area contributed by atoms with Crippen molar-refractivity contribution in [2.45, 2.75) is 6.92 Å². The molecule has 0 rings (SSSR count). The highest BCUT2D eigenvalue weighted by molar-refractivity contribution is 5.85. The minimum Gasteiger partial charge on any atom is -0.384 e. The molecule has 0 radical (unpaired) electrons. The van der Waals surface area contributed by atoms with E-state index in [-0.39, 0.29) is 12.4 Å². The van der Waals surface area contributed by atoms with Gasteiger partial charge >= 0.3 is 0 Å². The summed E-state index contributed by atoms with van der Waals surface area (Å²) in [5, 5.41) is 0. The molecule has 1 N–H and O–H groups in total. The molecule has 0 aliphatic rings. The number of halogens is 1. The summed E-state index contributed by atoms with van der Waals surface area (Å²) in [5.41, 5.74) is 0. The van der Waals surface area contributed by atoms with Crippen LogP contribution in [0.5, 0.6) is 0 Å². The Hall–Kier alpha value is 0.210. The summed E-state index contributed by atoms with van der Waals surface area (Å²) in [6.45, 7) is 4.27. The van der Waals surface area contributed by atoms with E-state index >= 15 is 0 Å². The van der Waals surface area contributed by atoms with Crippen molar-refractivity contribution in [3.8, 4) is 0 Å². The molecule has 0 aliphatic carbocycles. The van der Waals surface area contributed by atoms with Gasteiger partial charge in [-0.15, -0.1) is 12.4 Å². The van der Waals surface area contributed by atoms with Gasteiger partial charge in [-0.1, -0.05) is 6.92 Å². The number of hydrogen-bond donors (Lipinski definition) is 1. The van der Waals surface area contributed by atoms with Crippen molar-refractivity contribution in [3.05, 3.63) is 0 Å². The van der Waals surface area contributed by atoms with Gasteiger partial charge in [0.05, 0.1) is 27.2 Å². The lowest BCUT2D eigenvalue weighted by Crippen LogP contribution is -3.06. The second-order valence-corrected chi connectivity index (χ2v) is 2.97. The third-order valence-corrected chi connectivity index (χ3v) is 1.21. The van der Waals surface area contributed by atoms with Gasteiger partial charge in [0, 0.05) is 13.0 Å². The smallest absolute Gasteiger partial charge is 0.0815 e. The van der Waals surface area contributed by atoms with E-state index in [1.54, 1.807) is 7.11 Å². The first kappa shape index (κ1) is 12.8. The zero-order chi connectivity index (χ0) is 7.28. The van der Waals surface area contributed by atoms with E-state index in [9.17, 15) is 0 Å². The van der Waals surface area contributed by atoms with E-state index < -0.39 is 0 Å². The Bertz CT molecular complexity index is 68.6. The van der Waals surface area contributed by atoms with Gasteiger partial charge in [-0.05, 0) is 0 Å². The molecule has 0 aliphatic heterocycles. The first-order chi connectivity index (χ1) is 4.16. The van der Waals surface area contributed by atoms with Crippen molar-refractivity contribution in [2.75, 3.05) is 34.4 Å². The number of ether oxygens (including phenoxy) is 1. The Balaban J connectivity index is 0. The van der Waals surface area contributed by atoms with Gasteiger partial charge in [-0.3, -0.25) is 0 Å². The highest BCUT2D eigenvalue weighted by Gasteiger charge is 2.03. The SMILES string of the molecule is COCC(C)C[NH+](C)C.Cl. The van der Waals surface area contributed by atoms with Gasteiger partial charge in [0.15, 0.2) is 0 Å². The topological polar surface area (TPSA) is 13.7 Å². The summed E-state index contributed by atoms with van der Waals surface area (Å²) in [5.74, 6) is 0.681. The molecule has 1 atom stereocenters. The molecule has 0 fully saturated rings. The zero-order valence-electron chi connectivity index (χ0n) is 7.31. The number of rotatable bonds is 4. The molecular formula is C7H19ClNO+. The normalized spacial score (nSPS) is 12.9. The molecule has 10 heavy (non-hydrogen) atoms. The van der Waals surface area contributed by atoms with Gasteiger partial charge in [-0.2, -0.15) is 0 Å². The van der Waals surface area contributed by atoms with Crippen molar-refractivity contribution >= 4 is 12.4 Å². The average molecular weight is 169 g/mol. The molecule has 0 aromatic rings. The summed E-state index contributed by atoms with van der Waals surface area (Å²) < 4.78 is 4.99. The molecule has 0 aromatic heterocycles. The minimum absolute atomic E-state index is 0. The molecule has 0 spiro atoms. The van der Waals surface area contributed by atoms with Crippen molar-refractivity contribution < 1.29 is 9.64 Å². The van der Waals surface area contributed by atoms with E-state index in [1.165, 1.54) is 11.4 Å².